The fraction of sp³-hybridized carbons (Fsp3) is 0.429. The van der Waals surface area contributed by atoms with Crippen LogP contribution in [0.15, 0.2) is 36.5 Å². The van der Waals surface area contributed by atoms with Crippen molar-refractivity contribution in [3.8, 4) is 11.6 Å². The number of hydrogen-bond donors (Lipinski definition) is 2. The number of ether oxygens (including phenoxy) is 3. The summed E-state index contributed by atoms with van der Waals surface area (Å²) in [6, 6.07) is 6.93. The summed E-state index contributed by atoms with van der Waals surface area (Å²) in [5.74, 6) is -0.0398. The smallest absolute Gasteiger partial charge is 0.422 e. The molecule has 1 aromatic heterocycles. The standard InChI is InChI=1S/C21H23ClF3N3O7S/c1-33-6-7-34-16-4-2-13(3-5-16)12-28(20(29)30)36(31,32)27-10-14-8-18(14)35-19-17(22)9-15(11-26-19)21(23,24)25/h2-5,9,11,14,18,27H,6-8,10,12H2,1H3,(H,29,30). The Morgan fingerprint density at radius 1 is 1.28 bits per heavy atom. The Balaban J connectivity index is 1.54. The predicted octanol–water partition coefficient (Wildman–Crippen LogP) is 3.56. The number of carbonyl (C=O) groups is 1. The van der Waals surface area contributed by atoms with E-state index in [-0.39, 0.29) is 27.7 Å². The van der Waals surface area contributed by atoms with Crippen molar-refractivity contribution in [3.05, 3.63) is 52.7 Å². The third-order valence-corrected chi connectivity index (χ3v) is 6.76. The molecule has 1 aromatic carbocycles. The van der Waals surface area contributed by atoms with Crippen molar-refractivity contribution in [1.29, 1.82) is 0 Å². The molecule has 10 nitrogen and oxygen atoms in total. The van der Waals surface area contributed by atoms with Gasteiger partial charge in [-0.15, -0.1) is 0 Å². The fourth-order valence-electron chi connectivity index (χ4n) is 3.03. The number of carboxylic acid groups (broad SMARTS) is 1. The van der Waals surface area contributed by atoms with E-state index >= 15 is 0 Å². The second-order valence-electron chi connectivity index (χ2n) is 7.79. The molecule has 15 heteroatoms. The van der Waals surface area contributed by atoms with Crippen LogP contribution in [0.4, 0.5) is 18.0 Å². The van der Waals surface area contributed by atoms with E-state index in [1.165, 1.54) is 7.11 Å². The van der Waals surface area contributed by atoms with Crippen LogP contribution >= 0.6 is 11.6 Å². The molecule has 2 aromatic rings. The Bertz CT molecular complexity index is 1170. The summed E-state index contributed by atoms with van der Waals surface area (Å²) in [5.41, 5.74) is -0.612. The SMILES string of the molecule is COCCOc1ccc(CN(C(=O)O)S(=O)(=O)NCC2CC2Oc2ncc(C(F)(F)F)cc2Cl)cc1. The fourth-order valence-corrected chi connectivity index (χ4v) is 4.35. The molecule has 2 atom stereocenters. The average molecular weight is 554 g/mol. The van der Waals surface area contributed by atoms with Gasteiger partial charge in [-0.2, -0.15) is 30.6 Å². The number of rotatable bonds is 12. The molecule has 3 rings (SSSR count). The zero-order valence-electron chi connectivity index (χ0n) is 18.9. The molecule has 2 N–H and O–H groups in total. The van der Waals surface area contributed by atoms with Gasteiger partial charge in [-0.3, -0.25) is 0 Å². The van der Waals surface area contributed by atoms with Crippen molar-refractivity contribution in [1.82, 2.24) is 14.0 Å². The third kappa shape index (κ3) is 7.59. The summed E-state index contributed by atoms with van der Waals surface area (Å²) in [7, 11) is -2.88. The van der Waals surface area contributed by atoms with Gasteiger partial charge in [0, 0.05) is 25.8 Å². The molecule has 0 spiro atoms. The lowest BCUT2D eigenvalue weighted by Gasteiger charge is -2.20. The molecule has 0 aliphatic heterocycles. The van der Waals surface area contributed by atoms with Gasteiger partial charge >= 0.3 is 22.5 Å². The first-order valence-electron chi connectivity index (χ1n) is 10.5. The van der Waals surface area contributed by atoms with E-state index < -0.39 is 40.7 Å². The maximum atomic E-state index is 12.7. The molecular formula is C21H23ClF3N3O7S. The lowest BCUT2D eigenvalue weighted by atomic mass is 10.2. The molecule has 2 unspecified atom stereocenters. The Labute approximate surface area is 210 Å². The summed E-state index contributed by atoms with van der Waals surface area (Å²) in [5, 5.41) is 9.12. The van der Waals surface area contributed by atoms with Crippen LogP contribution in [-0.2, 0) is 27.7 Å². The van der Waals surface area contributed by atoms with Crippen LogP contribution in [-0.4, -0.2) is 61.9 Å². The second kappa shape index (κ2) is 11.5. The van der Waals surface area contributed by atoms with E-state index in [4.69, 9.17) is 25.8 Å². The molecule has 0 bridgehead atoms. The number of halogens is 4. The van der Waals surface area contributed by atoms with Gasteiger partial charge < -0.3 is 19.3 Å². The zero-order chi connectivity index (χ0) is 26.5. The van der Waals surface area contributed by atoms with Crippen LogP contribution in [0.5, 0.6) is 11.6 Å². The van der Waals surface area contributed by atoms with E-state index in [2.05, 4.69) is 9.71 Å². The number of alkyl halides is 3. The van der Waals surface area contributed by atoms with Crippen molar-refractivity contribution in [2.24, 2.45) is 5.92 Å². The number of pyridine rings is 1. The van der Waals surface area contributed by atoms with Gasteiger partial charge in [-0.05, 0) is 30.2 Å². The van der Waals surface area contributed by atoms with Crippen LogP contribution in [0.1, 0.15) is 17.5 Å². The van der Waals surface area contributed by atoms with Crippen molar-refractivity contribution in [3.63, 3.8) is 0 Å². The molecule has 0 radical (unpaired) electrons. The Morgan fingerprint density at radius 3 is 2.56 bits per heavy atom. The topological polar surface area (TPSA) is 127 Å². The largest absolute Gasteiger partial charge is 0.491 e. The van der Waals surface area contributed by atoms with E-state index in [1.807, 2.05) is 0 Å². The van der Waals surface area contributed by atoms with Crippen molar-refractivity contribution < 1.29 is 45.7 Å². The zero-order valence-corrected chi connectivity index (χ0v) is 20.4. The Hall–Kier alpha value is -2.81. The third-order valence-electron chi connectivity index (χ3n) is 5.09. The predicted molar refractivity (Wildman–Crippen MR) is 121 cm³/mol. The normalized spacial score (nSPS) is 17.5. The number of amides is 1. The van der Waals surface area contributed by atoms with Crippen LogP contribution in [0.3, 0.4) is 0 Å². The molecule has 1 amide bonds. The minimum Gasteiger partial charge on any atom is -0.491 e. The van der Waals surface area contributed by atoms with Gasteiger partial charge in [0.05, 0.1) is 18.7 Å². The van der Waals surface area contributed by atoms with Gasteiger partial charge in [0.15, 0.2) is 0 Å². The van der Waals surface area contributed by atoms with Crippen molar-refractivity contribution >= 4 is 27.9 Å². The number of aromatic nitrogens is 1. The van der Waals surface area contributed by atoms with Gasteiger partial charge in [-0.25, -0.2) is 9.78 Å². The number of methoxy groups -OCH3 is 1. The summed E-state index contributed by atoms with van der Waals surface area (Å²) >= 11 is 5.82. The minimum atomic E-state index is -4.61. The second-order valence-corrected chi connectivity index (χ2v) is 9.88. The molecule has 1 heterocycles. The maximum absolute atomic E-state index is 12.7. The summed E-state index contributed by atoms with van der Waals surface area (Å²) in [6.45, 7) is 0.127. The molecule has 0 saturated heterocycles. The van der Waals surface area contributed by atoms with Crippen LogP contribution in [0, 0.1) is 5.92 Å². The molecule has 1 aliphatic carbocycles. The van der Waals surface area contributed by atoms with E-state index in [9.17, 15) is 31.5 Å². The number of nitrogens with one attached hydrogen (secondary N) is 1. The monoisotopic (exact) mass is 553 g/mol. The lowest BCUT2D eigenvalue weighted by molar-refractivity contribution is -0.137. The molecule has 1 saturated carbocycles. The summed E-state index contributed by atoms with van der Waals surface area (Å²) in [4.78, 5) is 15.2. The first-order valence-corrected chi connectivity index (χ1v) is 12.3. The van der Waals surface area contributed by atoms with E-state index in [1.54, 1.807) is 24.3 Å². The first kappa shape index (κ1) is 27.8. The van der Waals surface area contributed by atoms with Crippen LogP contribution in [0.2, 0.25) is 5.02 Å². The van der Waals surface area contributed by atoms with Crippen LogP contribution in [0.25, 0.3) is 0 Å². The minimum absolute atomic E-state index is 0.151. The molecule has 1 aliphatic rings. The highest BCUT2D eigenvalue weighted by atomic mass is 35.5. The van der Waals surface area contributed by atoms with Gasteiger partial charge in [0.25, 0.3) is 0 Å². The van der Waals surface area contributed by atoms with Crippen LogP contribution < -0.4 is 14.2 Å². The van der Waals surface area contributed by atoms with Gasteiger partial charge in [-0.1, -0.05) is 23.7 Å². The highest BCUT2D eigenvalue weighted by Crippen LogP contribution is 2.38. The highest BCUT2D eigenvalue weighted by molar-refractivity contribution is 7.87. The van der Waals surface area contributed by atoms with Crippen molar-refractivity contribution in [2.45, 2.75) is 25.2 Å². The summed E-state index contributed by atoms with van der Waals surface area (Å²) in [6.07, 6.45) is -5.86. The maximum Gasteiger partial charge on any atom is 0.422 e. The Kier molecular flexibility index (Phi) is 8.87. The molecule has 36 heavy (non-hydrogen) atoms. The number of hydrogen-bond acceptors (Lipinski definition) is 7. The van der Waals surface area contributed by atoms with Crippen molar-refractivity contribution in [2.75, 3.05) is 26.9 Å². The van der Waals surface area contributed by atoms with E-state index in [0.717, 1.165) is 0 Å². The molecule has 198 valence electrons. The van der Waals surface area contributed by atoms with Gasteiger partial charge in [0.1, 0.15) is 23.5 Å². The average Bonchev–Trinajstić information content (AvgIpc) is 3.55. The molecule has 1 fully saturated rings. The highest BCUT2D eigenvalue weighted by Gasteiger charge is 2.42. The summed E-state index contributed by atoms with van der Waals surface area (Å²) < 4.78 is 81.6. The lowest BCUT2D eigenvalue weighted by Crippen LogP contribution is -2.44. The quantitative estimate of drug-likeness (QED) is 0.382. The number of nitrogens with zero attached hydrogens (tertiary/aromatic N) is 2. The first-order chi connectivity index (χ1) is 16.9. The van der Waals surface area contributed by atoms with E-state index in [0.29, 0.717) is 43.2 Å². The molecular weight excluding hydrogens is 531 g/mol. The Morgan fingerprint density at radius 2 is 1.97 bits per heavy atom. The number of benzene rings is 1. The van der Waals surface area contributed by atoms with Gasteiger partial charge in [0.2, 0.25) is 5.88 Å².